The number of nitrogens with zero attached hydrogens (tertiary/aromatic N) is 2. The van der Waals surface area contributed by atoms with E-state index in [-0.39, 0.29) is 0 Å². The molecule has 1 heterocycles. The van der Waals surface area contributed by atoms with Crippen LogP contribution in [-0.4, -0.2) is 17.3 Å². The fourth-order valence-corrected chi connectivity index (χ4v) is 1.39. The van der Waals surface area contributed by atoms with Gasteiger partial charge in [-0.05, 0) is 0 Å². The zero-order chi connectivity index (χ0) is 10.7. The molecule has 0 aliphatic carbocycles. The zero-order valence-corrected chi connectivity index (χ0v) is 8.34. The van der Waals surface area contributed by atoms with E-state index in [1.54, 1.807) is 7.11 Å². The lowest BCUT2D eigenvalue weighted by molar-refractivity contribution is 0.416. The maximum Gasteiger partial charge on any atom is 0.171 e. The lowest BCUT2D eigenvalue weighted by atomic mass is 10.1. The fourth-order valence-electron chi connectivity index (χ4n) is 1.39. The van der Waals surface area contributed by atoms with E-state index in [4.69, 9.17) is 10.5 Å². The lowest BCUT2D eigenvalue weighted by Gasteiger charge is -2.08. The van der Waals surface area contributed by atoms with Crippen molar-refractivity contribution in [3.63, 3.8) is 0 Å². The monoisotopic (exact) mass is 201 g/mol. The van der Waals surface area contributed by atoms with Gasteiger partial charge in [-0.3, -0.25) is 0 Å². The van der Waals surface area contributed by atoms with Crippen LogP contribution in [0.2, 0.25) is 0 Å². The predicted molar refractivity (Wildman–Crippen MR) is 58.4 cm³/mol. The van der Waals surface area contributed by atoms with Crippen molar-refractivity contribution in [2.45, 2.75) is 0 Å². The Bertz CT molecular complexity index is 457. The molecule has 0 unspecified atom stereocenters. The Morgan fingerprint density at radius 2 is 1.93 bits per heavy atom. The number of methoxy groups -OCH3 is 1. The Hall–Kier alpha value is -2.10. The van der Waals surface area contributed by atoms with E-state index in [0.29, 0.717) is 17.1 Å². The van der Waals surface area contributed by atoms with Crippen LogP contribution in [0.15, 0.2) is 36.5 Å². The molecule has 2 N–H and O–H groups in total. The van der Waals surface area contributed by atoms with E-state index >= 15 is 0 Å². The van der Waals surface area contributed by atoms with Gasteiger partial charge >= 0.3 is 0 Å². The SMILES string of the molecule is COc1c(N)cnnc1-c1ccccc1. The van der Waals surface area contributed by atoms with Crippen LogP contribution in [0.1, 0.15) is 0 Å². The van der Waals surface area contributed by atoms with Crippen molar-refractivity contribution in [3.05, 3.63) is 36.5 Å². The summed E-state index contributed by atoms with van der Waals surface area (Å²) in [4.78, 5) is 0. The molecule has 0 fully saturated rings. The number of ether oxygens (including phenoxy) is 1. The van der Waals surface area contributed by atoms with Gasteiger partial charge < -0.3 is 10.5 Å². The Labute approximate surface area is 87.7 Å². The van der Waals surface area contributed by atoms with E-state index in [1.165, 1.54) is 6.20 Å². The normalized spacial score (nSPS) is 9.93. The third-order valence-corrected chi connectivity index (χ3v) is 2.08. The molecule has 2 rings (SSSR count). The molecule has 0 radical (unpaired) electrons. The van der Waals surface area contributed by atoms with Gasteiger partial charge in [0.25, 0.3) is 0 Å². The van der Waals surface area contributed by atoms with Gasteiger partial charge in [-0.25, -0.2) is 0 Å². The summed E-state index contributed by atoms with van der Waals surface area (Å²) in [6.45, 7) is 0. The van der Waals surface area contributed by atoms with Gasteiger partial charge in [0.05, 0.1) is 19.0 Å². The topological polar surface area (TPSA) is 61.0 Å². The highest BCUT2D eigenvalue weighted by molar-refractivity contribution is 5.72. The van der Waals surface area contributed by atoms with E-state index in [2.05, 4.69) is 10.2 Å². The number of aromatic nitrogens is 2. The van der Waals surface area contributed by atoms with E-state index in [1.807, 2.05) is 30.3 Å². The Kier molecular flexibility index (Phi) is 2.49. The van der Waals surface area contributed by atoms with E-state index in [9.17, 15) is 0 Å². The van der Waals surface area contributed by atoms with E-state index in [0.717, 1.165) is 5.56 Å². The van der Waals surface area contributed by atoms with Gasteiger partial charge in [0, 0.05) is 5.56 Å². The molecular formula is C11H11N3O. The molecule has 0 saturated carbocycles. The minimum absolute atomic E-state index is 0.492. The largest absolute Gasteiger partial charge is 0.492 e. The molecule has 0 spiro atoms. The van der Waals surface area contributed by atoms with Crippen LogP contribution in [0.3, 0.4) is 0 Å². The summed E-state index contributed by atoms with van der Waals surface area (Å²) in [5, 5.41) is 7.84. The Balaban J connectivity index is 2.58. The molecule has 2 aromatic rings. The van der Waals surface area contributed by atoms with Crippen molar-refractivity contribution in [1.82, 2.24) is 10.2 Å². The van der Waals surface area contributed by atoms with Crippen LogP contribution in [-0.2, 0) is 0 Å². The van der Waals surface area contributed by atoms with Crippen LogP contribution in [0.4, 0.5) is 5.69 Å². The van der Waals surface area contributed by atoms with Crippen molar-refractivity contribution in [1.29, 1.82) is 0 Å². The smallest absolute Gasteiger partial charge is 0.171 e. The first kappa shape index (κ1) is 9.45. The number of hydrogen-bond acceptors (Lipinski definition) is 4. The summed E-state index contributed by atoms with van der Waals surface area (Å²) >= 11 is 0. The summed E-state index contributed by atoms with van der Waals surface area (Å²) in [7, 11) is 1.57. The molecule has 76 valence electrons. The number of nitrogens with two attached hydrogens (primary N) is 1. The highest BCUT2D eigenvalue weighted by Gasteiger charge is 2.10. The van der Waals surface area contributed by atoms with Gasteiger partial charge in [-0.2, -0.15) is 5.10 Å². The number of nitrogen functional groups attached to an aromatic ring is 1. The van der Waals surface area contributed by atoms with Crippen molar-refractivity contribution < 1.29 is 4.74 Å². The highest BCUT2D eigenvalue weighted by atomic mass is 16.5. The van der Waals surface area contributed by atoms with Crippen molar-refractivity contribution in [2.75, 3.05) is 12.8 Å². The molecule has 0 atom stereocenters. The first-order chi connectivity index (χ1) is 7.33. The summed E-state index contributed by atoms with van der Waals surface area (Å²) in [6, 6.07) is 9.67. The zero-order valence-electron chi connectivity index (χ0n) is 8.34. The first-order valence-corrected chi connectivity index (χ1v) is 4.53. The predicted octanol–water partition coefficient (Wildman–Crippen LogP) is 1.73. The average molecular weight is 201 g/mol. The molecule has 15 heavy (non-hydrogen) atoms. The molecule has 1 aromatic carbocycles. The van der Waals surface area contributed by atoms with Crippen LogP contribution in [0.5, 0.6) is 5.75 Å². The molecule has 0 amide bonds. The molecular weight excluding hydrogens is 190 g/mol. The summed E-state index contributed by atoms with van der Waals surface area (Å²) < 4.78 is 5.20. The summed E-state index contributed by atoms with van der Waals surface area (Å²) in [5.41, 5.74) is 7.84. The maximum atomic E-state index is 5.74. The van der Waals surface area contributed by atoms with Gasteiger partial charge in [0.1, 0.15) is 5.69 Å². The summed E-state index contributed by atoms with van der Waals surface area (Å²) in [5.74, 6) is 0.566. The number of benzene rings is 1. The molecule has 0 saturated heterocycles. The average Bonchev–Trinajstić information content (AvgIpc) is 2.30. The highest BCUT2D eigenvalue weighted by Crippen LogP contribution is 2.31. The van der Waals surface area contributed by atoms with Gasteiger partial charge in [0.2, 0.25) is 0 Å². The minimum atomic E-state index is 0.492. The fraction of sp³-hybridized carbons (Fsp3) is 0.0909. The second-order valence-corrected chi connectivity index (χ2v) is 3.05. The number of anilines is 1. The number of hydrogen-bond donors (Lipinski definition) is 1. The molecule has 4 heteroatoms. The van der Waals surface area contributed by atoms with Crippen LogP contribution >= 0.6 is 0 Å². The van der Waals surface area contributed by atoms with Crippen molar-refractivity contribution in [3.8, 4) is 17.0 Å². The van der Waals surface area contributed by atoms with Gasteiger partial charge in [0.15, 0.2) is 5.75 Å². The third-order valence-electron chi connectivity index (χ3n) is 2.08. The molecule has 1 aromatic heterocycles. The molecule has 0 aliphatic heterocycles. The third kappa shape index (κ3) is 1.74. The summed E-state index contributed by atoms with van der Waals surface area (Å²) in [6.07, 6.45) is 1.48. The molecule has 4 nitrogen and oxygen atoms in total. The standard InChI is InChI=1S/C11H11N3O/c1-15-11-9(12)7-13-14-10(11)8-5-3-2-4-6-8/h2-7H,1H3,(H2,12,14). The molecule has 0 bridgehead atoms. The van der Waals surface area contributed by atoms with Gasteiger partial charge in [-0.1, -0.05) is 30.3 Å². The van der Waals surface area contributed by atoms with E-state index < -0.39 is 0 Å². The van der Waals surface area contributed by atoms with Crippen LogP contribution in [0, 0.1) is 0 Å². The quantitative estimate of drug-likeness (QED) is 0.803. The number of rotatable bonds is 2. The maximum absolute atomic E-state index is 5.74. The van der Waals surface area contributed by atoms with Crippen LogP contribution < -0.4 is 10.5 Å². The second-order valence-electron chi connectivity index (χ2n) is 3.05. The van der Waals surface area contributed by atoms with Crippen molar-refractivity contribution >= 4 is 5.69 Å². The first-order valence-electron chi connectivity index (χ1n) is 4.53. The lowest BCUT2D eigenvalue weighted by Crippen LogP contribution is -1.98. The second kappa shape index (κ2) is 3.96. The molecule has 0 aliphatic rings. The Morgan fingerprint density at radius 1 is 1.20 bits per heavy atom. The van der Waals surface area contributed by atoms with Gasteiger partial charge in [-0.15, -0.1) is 5.10 Å². The van der Waals surface area contributed by atoms with Crippen LogP contribution in [0.25, 0.3) is 11.3 Å². The minimum Gasteiger partial charge on any atom is -0.492 e. The van der Waals surface area contributed by atoms with Crippen molar-refractivity contribution in [2.24, 2.45) is 0 Å². The Morgan fingerprint density at radius 3 is 2.60 bits per heavy atom.